The van der Waals surface area contributed by atoms with E-state index in [1.807, 2.05) is 0 Å². The van der Waals surface area contributed by atoms with Crippen LogP contribution in [0, 0.1) is 5.92 Å². The third-order valence-electron chi connectivity index (χ3n) is 1.86. The van der Waals surface area contributed by atoms with Gasteiger partial charge in [-0.3, -0.25) is 0 Å². The van der Waals surface area contributed by atoms with Gasteiger partial charge in [0.2, 0.25) is 0 Å². The molecule has 1 unspecified atom stereocenters. The first-order valence-corrected chi connectivity index (χ1v) is 3.39. The van der Waals surface area contributed by atoms with E-state index in [2.05, 4.69) is 0 Å². The van der Waals surface area contributed by atoms with Gasteiger partial charge < -0.3 is 15.7 Å². The molecule has 6 heteroatoms. The van der Waals surface area contributed by atoms with Crippen molar-refractivity contribution in [2.45, 2.75) is 6.42 Å². The van der Waals surface area contributed by atoms with Crippen LogP contribution in [0.15, 0.2) is 0 Å². The Hall–Kier alpha value is -0.190. The Morgan fingerprint density at radius 3 is 2.42 bits per heavy atom. The van der Waals surface area contributed by atoms with Crippen LogP contribution in [0.5, 0.6) is 0 Å². The van der Waals surface area contributed by atoms with E-state index < -0.39 is 0 Å². The number of rotatable bonds is 1. The van der Waals surface area contributed by atoms with E-state index in [4.69, 9.17) is 10.8 Å². The van der Waals surface area contributed by atoms with Crippen molar-refractivity contribution in [3.8, 4) is 0 Å². The summed E-state index contributed by atoms with van der Waals surface area (Å²) in [5, 5.41) is 8.69. The number of halogens is 2. The smallest absolute Gasteiger partial charge is 0.314 e. The summed E-state index contributed by atoms with van der Waals surface area (Å²) in [6.07, 6.45) is 0.874. The Morgan fingerprint density at radius 2 is 2.17 bits per heavy atom. The van der Waals surface area contributed by atoms with Gasteiger partial charge in [-0.1, -0.05) is 0 Å². The fourth-order valence-corrected chi connectivity index (χ4v) is 1.18. The van der Waals surface area contributed by atoms with E-state index in [0.29, 0.717) is 13.1 Å². The fourth-order valence-electron chi connectivity index (χ4n) is 1.18. The molecule has 0 bridgehead atoms. The van der Waals surface area contributed by atoms with Crippen molar-refractivity contribution >= 4 is 30.8 Å². The Morgan fingerprint density at radius 1 is 1.58 bits per heavy atom. The molecule has 1 rings (SSSR count). The van der Waals surface area contributed by atoms with Gasteiger partial charge in [-0.25, -0.2) is 4.79 Å². The van der Waals surface area contributed by atoms with Crippen molar-refractivity contribution in [1.82, 2.24) is 4.90 Å². The fraction of sp³-hybridized carbons (Fsp3) is 0.833. The molecule has 1 atom stereocenters. The number of carbonyl (C=O) groups is 1. The SMILES string of the molecule is Cl.Cl.NC(=O)N1CCC(CO)C1. The molecule has 0 aliphatic carbocycles. The normalized spacial score (nSPS) is 21.1. The number of carbonyl (C=O) groups excluding carboxylic acids is 1. The van der Waals surface area contributed by atoms with Crippen molar-refractivity contribution in [3.05, 3.63) is 0 Å². The van der Waals surface area contributed by atoms with Crippen molar-refractivity contribution in [2.75, 3.05) is 19.7 Å². The summed E-state index contributed by atoms with van der Waals surface area (Å²) in [6.45, 7) is 1.47. The lowest BCUT2D eigenvalue weighted by Crippen LogP contribution is -2.33. The number of amides is 2. The number of hydrogen-bond donors (Lipinski definition) is 2. The number of aliphatic hydroxyl groups is 1. The molecule has 0 saturated carbocycles. The minimum Gasteiger partial charge on any atom is -0.396 e. The molecule has 3 N–H and O–H groups in total. The second kappa shape index (κ2) is 6.34. The molecule has 74 valence electrons. The average Bonchev–Trinajstić information content (AvgIpc) is 2.34. The second-order valence-corrected chi connectivity index (χ2v) is 2.62. The minimum atomic E-state index is -0.379. The van der Waals surface area contributed by atoms with Gasteiger partial charge in [-0.05, 0) is 6.42 Å². The zero-order valence-corrected chi connectivity index (χ0v) is 8.24. The van der Waals surface area contributed by atoms with Crippen LogP contribution < -0.4 is 5.73 Å². The zero-order valence-electron chi connectivity index (χ0n) is 6.60. The number of nitrogens with two attached hydrogens (primary N) is 1. The topological polar surface area (TPSA) is 66.6 Å². The third kappa shape index (κ3) is 3.47. The molecule has 4 nitrogen and oxygen atoms in total. The van der Waals surface area contributed by atoms with Crippen LogP contribution in [0.3, 0.4) is 0 Å². The lowest BCUT2D eigenvalue weighted by Gasteiger charge is -2.11. The summed E-state index contributed by atoms with van der Waals surface area (Å²) in [7, 11) is 0. The summed E-state index contributed by atoms with van der Waals surface area (Å²) >= 11 is 0. The van der Waals surface area contributed by atoms with Crippen LogP contribution in [-0.2, 0) is 0 Å². The Labute approximate surface area is 83.9 Å². The van der Waals surface area contributed by atoms with Crippen LogP contribution in [0.2, 0.25) is 0 Å². The summed E-state index contributed by atoms with van der Waals surface area (Å²) in [4.78, 5) is 12.1. The summed E-state index contributed by atoms with van der Waals surface area (Å²) in [5.74, 6) is 0.243. The molecule has 1 aliphatic rings. The maximum Gasteiger partial charge on any atom is 0.314 e. The number of nitrogens with zero attached hydrogens (tertiary/aromatic N) is 1. The number of aliphatic hydroxyl groups excluding tert-OH is 1. The van der Waals surface area contributed by atoms with Crippen molar-refractivity contribution in [2.24, 2.45) is 11.7 Å². The zero-order chi connectivity index (χ0) is 7.56. The molecular weight excluding hydrogens is 203 g/mol. The quantitative estimate of drug-likeness (QED) is 0.659. The van der Waals surface area contributed by atoms with Gasteiger partial charge >= 0.3 is 6.03 Å². The monoisotopic (exact) mass is 216 g/mol. The minimum absolute atomic E-state index is 0. The molecule has 0 spiro atoms. The molecule has 12 heavy (non-hydrogen) atoms. The van der Waals surface area contributed by atoms with Crippen LogP contribution in [0.4, 0.5) is 4.79 Å². The highest BCUT2D eigenvalue weighted by Gasteiger charge is 2.23. The highest BCUT2D eigenvalue weighted by atomic mass is 35.5. The van der Waals surface area contributed by atoms with E-state index >= 15 is 0 Å². The van der Waals surface area contributed by atoms with E-state index in [-0.39, 0.29) is 43.4 Å². The second-order valence-electron chi connectivity index (χ2n) is 2.62. The van der Waals surface area contributed by atoms with E-state index in [0.717, 1.165) is 6.42 Å². The first-order chi connectivity index (χ1) is 4.74. The Balaban J connectivity index is 0. The number of urea groups is 1. The van der Waals surface area contributed by atoms with E-state index in [1.165, 1.54) is 0 Å². The van der Waals surface area contributed by atoms with Crippen LogP contribution in [0.1, 0.15) is 6.42 Å². The number of primary amides is 1. The first-order valence-electron chi connectivity index (χ1n) is 3.39. The van der Waals surface area contributed by atoms with Crippen LogP contribution in [-0.4, -0.2) is 35.7 Å². The molecule has 1 heterocycles. The number of likely N-dealkylation sites (tertiary alicyclic amines) is 1. The number of hydrogen-bond acceptors (Lipinski definition) is 2. The summed E-state index contributed by atoms with van der Waals surface area (Å²) in [6, 6.07) is -0.379. The lowest BCUT2D eigenvalue weighted by molar-refractivity contribution is 0.206. The predicted octanol–water partition coefficient (Wildman–Crippen LogP) is 0.223. The Kier molecular flexibility index (Phi) is 7.58. The third-order valence-corrected chi connectivity index (χ3v) is 1.86. The molecular formula is C6H14Cl2N2O2. The van der Waals surface area contributed by atoms with Gasteiger partial charge in [0.05, 0.1) is 0 Å². The highest BCUT2D eigenvalue weighted by Crippen LogP contribution is 2.14. The van der Waals surface area contributed by atoms with Crippen LogP contribution in [0.25, 0.3) is 0 Å². The van der Waals surface area contributed by atoms with Crippen molar-refractivity contribution in [3.63, 3.8) is 0 Å². The maximum atomic E-state index is 10.5. The van der Waals surface area contributed by atoms with Gasteiger partial charge in [0.1, 0.15) is 0 Å². The molecule has 0 aromatic rings. The van der Waals surface area contributed by atoms with Gasteiger partial charge in [0.25, 0.3) is 0 Å². The van der Waals surface area contributed by atoms with Gasteiger partial charge in [-0.15, -0.1) is 24.8 Å². The van der Waals surface area contributed by atoms with Gasteiger partial charge in [-0.2, -0.15) is 0 Å². The standard InChI is InChI=1S/C6H12N2O2.2ClH/c7-6(10)8-2-1-5(3-8)4-9;;/h5,9H,1-4H2,(H2,7,10);2*1H. The predicted molar refractivity (Wildman–Crippen MR) is 50.8 cm³/mol. The summed E-state index contributed by atoms with van der Waals surface area (Å²) in [5.41, 5.74) is 5.02. The maximum absolute atomic E-state index is 10.5. The van der Waals surface area contributed by atoms with Crippen LogP contribution >= 0.6 is 24.8 Å². The molecule has 1 aliphatic heterocycles. The molecule has 2 amide bonds. The van der Waals surface area contributed by atoms with Crippen molar-refractivity contribution < 1.29 is 9.90 Å². The molecule has 1 saturated heterocycles. The molecule has 0 radical (unpaired) electrons. The molecule has 0 aromatic heterocycles. The first kappa shape index (κ1) is 14.3. The van der Waals surface area contributed by atoms with E-state index in [1.54, 1.807) is 4.90 Å². The van der Waals surface area contributed by atoms with Crippen molar-refractivity contribution in [1.29, 1.82) is 0 Å². The highest BCUT2D eigenvalue weighted by molar-refractivity contribution is 5.85. The molecule has 0 aromatic carbocycles. The molecule has 1 fully saturated rings. The largest absolute Gasteiger partial charge is 0.396 e. The summed E-state index contributed by atoms with van der Waals surface area (Å²) < 4.78 is 0. The Bertz CT molecular complexity index is 146. The van der Waals surface area contributed by atoms with Gasteiger partial charge in [0.15, 0.2) is 0 Å². The lowest BCUT2D eigenvalue weighted by atomic mass is 10.1. The van der Waals surface area contributed by atoms with Gasteiger partial charge in [0, 0.05) is 25.6 Å². The van der Waals surface area contributed by atoms with E-state index in [9.17, 15) is 4.79 Å². The average molecular weight is 217 g/mol.